The van der Waals surface area contributed by atoms with Gasteiger partial charge in [-0.3, -0.25) is 9.59 Å². The van der Waals surface area contributed by atoms with E-state index >= 15 is 0 Å². The molecule has 0 bridgehead atoms. The predicted molar refractivity (Wildman–Crippen MR) is 147 cm³/mol. The first-order valence-corrected chi connectivity index (χ1v) is 13.9. The van der Waals surface area contributed by atoms with Gasteiger partial charge in [-0.05, 0) is 42.5 Å². The molecule has 4 heterocycles. The number of benzene rings is 1. The quantitative estimate of drug-likeness (QED) is 0.431. The number of amides is 2. The summed E-state index contributed by atoms with van der Waals surface area (Å²) in [5.74, 6) is 2.20. The van der Waals surface area contributed by atoms with Crippen LogP contribution in [0.3, 0.4) is 0 Å². The van der Waals surface area contributed by atoms with Crippen molar-refractivity contribution < 1.29 is 23.8 Å². The van der Waals surface area contributed by atoms with Gasteiger partial charge >= 0.3 is 0 Å². The number of hydrogen-bond donors (Lipinski definition) is 0. The van der Waals surface area contributed by atoms with E-state index in [1.54, 1.807) is 21.1 Å². The van der Waals surface area contributed by atoms with Crippen LogP contribution >= 0.6 is 11.3 Å². The molecule has 0 aliphatic carbocycles. The summed E-state index contributed by atoms with van der Waals surface area (Å²) in [5, 5.41) is 2.75. The van der Waals surface area contributed by atoms with Crippen LogP contribution < -0.4 is 14.4 Å². The SMILES string of the molecule is COc1ccc(OC)c2nc(N3CCN(C(C)=O)CC3)c(CN(C[C@@H]3CCCO3)C(=O)c3cccs3)cc12. The van der Waals surface area contributed by atoms with Gasteiger partial charge in [-0.1, -0.05) is 6.07 Å². The zero-order valence-corrected chi connectivity index (χ0v) is 23.0. The Morgan fingerprint density at radius 1 is 1.13 bits per heavy atom. The summed E-state index contributed by atoms with van der Waals surface area (Å²) in [7, 11) is 3.27. The van der Waals surface area contributed by atoms with E-state index in [-0.39, 0.29) is 17.9 Å². The maximum absolute atomic E-state index is 13.6. The van der Waals surface area contributed by atoms with Crippen molar-refractivity contribution in [3.63, 3.8) is 0 Å². The summed E-state index contributed by atoms with van der Waals surface area (Å²) in [6.45, 7) is 5.78. The highest BCUT2D eigenvalue weighted by Crippen LogP contribution is 2.36. The Hall–Kier alpha value is -3.37. The highest BCUT2D eigenvalue weighted by Gasteiger charge is 2.28. The molecule has 1 aromatic carbocycles. The van der Waals surface area contributed by atoms with E-state index < -0.39 is 0 Å². The van der Waals surface area contributed by atoms with Gasteiger partial charge in [0, 0.05) is 63.7 Å². The maximum Gasteiger partial charge on any atom is 0.264 e. The molecule has 0 spiro atoms. The van der Waals surface area contributed by atoms with Crippen LogP contribution in [0.15, 0.2) is 35.7 Å². The van der Waals surface area contributed by atoms with Crippen LogP contribution in [0.2, 0.25) is 0 Å². The van der Waals surface area contributed by atoms with Crippen LogP contribution in [0.25, 0.3) is 10.9 Å². The molecule has 9 nitrogen and oxygen atoms in total. The second-order valence-corrected chi connectivity index (χ2v) is 10.6. The third-order valence-electron chi connectivity index (χ3n) is 7.26. The monoisotopic (exact) mass is 538 g/mol. The van der Waals surface area contributed by atoms with Crippen LogP contribution in [0.1, 0.15) is 35.0 Å². The highest BCUT2D eigenvalue weighted by atomic mass is 32.1. The minimum atomic E-state index is -0.0134. The molecule has 2 aliphatic rings. The number of methoxy groups -OCH3 is 2. The molecule has 38 heavy (non-hydrogen) atoms. The average Bonchev–Trinajstić information content (AvgIpc) is 3.66. The molecule has 10 heteroatoms. The molecule has 0 radical (unpaired) electrons. The molecule has 1 atom stereocenters. The summed E-state index contributed by atoms with van der Waals surface area (Å²) in [6, 6.07) is 9.57. The van der Waals surface area contributed by atoms with Gasteiger partial charge < -0.3 is 28.9 Å². The first-order valence-electron chi connectivity index (χ1n) is 13.0. The average molecular weight is 539 g/mol. The van der Waals surface area contributed by atoms with Gasteiger partial charge in [0.05, 0.1) is 25.2 Å². The topological polar surface area (TPSA) is 84.4 Å². The van der Waals surface area contributed by atoms with E-state index in [2.05, 4.69) is 11.0 Å². The molecule has 2 aliphatic heterocycles. The fourth-order valence-corrected chi connectivity index (χ4v) is 5.91. The minimum absolute atomic E-state index is 0.0134. The smallest absolute Gasteiger partial charge is 0.264 e. The number of thiophene rings is 1. The number of ether oxygens (including phenoxy) is 3. The number of piperazine rings is 1. The molecule has 5 rings (SSSR count). The second kappa shape index (κ2) is 11.6. The first-order chi connectivity index (χ1) is 18.5. The number of hydrogen-bond acceptors (Lipinski definition) is 8. The molecular weight excluding hydrogens is 504 g/mol. The molecule has 2 amide bonds. The minimum Gasteiger partial charge on any atom is -0.496 e. The van der Waals surface area contributed by atoms with Crippen LogP contribution in [-0.2, 0) is 16.1 Å². The summed E-state index contributed by atoms with van der Waals surface area (Å²) in [5.41, 5.74) is 1.62. The molecule has 0 N–H and O–H groups in total. The third kappa shape index (κ3) is 5.42. The fourth-order valence-electron chi connectivity index (χ4n) is 5.22. The van der Waals surface area contributed by atoms with Gasteiger partial charge in [0.1, 0.15) is 22.8 Å². The van der Waals surface area contributed by atoms with Crippen molar-refractivity contribution in [2.24, 2.45) is 0 Å². The van der Waals surface area contributed by atoms with E-state index in [0.717, 1.165) is 36.2 Å². The zero-order chi connectivity index (χ0) is 26.6. The molecule has 2 fully saturated rings. The number of carbonyl (C=O) groups excluding carboxylic acids is 2. The van der Waals surface area contributed by atoms with E-state index in [1.807, 2.05) is 39.4 Å². The van der Waals surface area contributed by atoms with Gasteiger partial charge in [0.2, 0.25) is 5.91 Å². The Bertz CT molecular complexity index is 1280. The lowest BCUT2D eigenvalue weighted by Gasteiger charge is -2.36. The van der Waals surface area contributed by atoms with Crippen LogP contribution in [-0.4, -0.2) is 86.3 Å². The van der Waals surface area contributed by atoms with E-state index in [4.69, 9.17) is 19.2 Å². The van der Waals surface area contributed by atoms with Crippen LogP contribution in [0.4, 0.5) is 5.82 Å². The Balaban J connectivity index is 1.57. The molecule has 2 saturated heterocycles. The standard InChI is InChI=1S/C28H34N4O5S/c1-19(33)30-10-12-31(13-11-30)27-20(16-22-23(35-2)8-9-24(36-3)26(22)29-27)17-32(18-21-6-4-14-37-21)28(34)25-7-5-15-38-25/h5,7-9,15-16,21H,4,6,10-14,17-18H2,1-3H3/t21-/m0/s1. The largest absolute Gasteiger partial charge is 0.496 e. The van der Waals surface area contributed by atoms with Gasteiger partial charge in [-0.15, -0.1) is 11.3 Å². The number of fused-ring (bicyclic) bond motifs is 1. The van der Waals surface area contributed by atoms with Crippen molar-refractivity contribution in [2.45, 2.75) is 32.4 Å². The lowest BCUT2D eigenvalue weighted by molar-refractivity contribution is -0.129. The molecule has 2 aromatic heterocycles. The second-order valence-electron chi connectivity index (χ2n) is 9.63. The van der Waals surface area contributed by atoms with Crippen molar-refractivity contribution >= 4 is 39.9 Å². The highest BCUT2D eigenvalue weighted by molar-refractivity contribution is 7.12. The van der Waals surface area contributed by atoms with Gasteiger partial charge in [0.15, 0.2) is 0 Å². The number of nitrogens with zero attached hydrogens (tertiary/aromatic N) is 4. The van der Waals surface area contributed by atoms with Gasteiger partial charge in [0.25, 0.3) is 5.91 Å². The van der Waals surface area contributed by atoms with Gasteiger partial charge in [-0.25, -0.2) is 4.98 Å². The molecule has 0 saturated carbocycles. The Morgan fingerprint density at radius 3 is 2.53 bits per heavy atom. The normalized spacial score (nSPS) is 17.6. The van der Waals surface area contributed by atoms with E-state index in [0.29, 0.717) is 61.2 Å². The first kappa shape index (κ1) is 26.2. The third-order valence-corrected chi connectivity index (χ3v) is 8.11. The molecule has 202 valence electrons. The molecule has 0 unspecified atom stereocenters. The summed E-state index contributed by atoms with van der Waals surface area (Å²) < 4.78 is 17.2. The van der Waals surface area contributed by atoms with Crippen LogP contribution in [0, 0.1) is 0 Å². The number of pyridine rings is 1. The molecular formula is C28H34N4O5S. The van der Waals surface area contributed by atoms with Crippen molar-refractivity contribution in [2.75, 3.05) is 58.5 Å². The van der Waals surface area contributed by atoms with Crippen molar-refractivity contribution in [1.82, 2.24) is 14.8 Å². The number of rotatable bonds is 8. The van der Waals surface area contributed by atoms with Crippen molar-refractivity contribution in [1.29, 1.82) is 0 Å². The Morgan fingerprint density at radius 2 is 1.89 bits per heavy atom. The summed E-state index contributed by atoms with van der Waals surface area (Å²) >= 11 is 1.44. The predicted octanol–water partition coefficient (Wildman–Crippen LogP) is 3.80. The van der Waals surface area contributed by atoms with E-state index in [1.165, 1.54) is 11.3 Å². The number of anilines is 1. The van der Waals surface area contributed by atoms with Crippen molar-refractivity contribution in [3.8, 4) is 11.5 Å². The Labute approximate surface area is 226 Å². The lowest BCUT2D eigenvalue weighted by atomic mass is 10.1. The Kier molecular flexibility index (Phi) is 7.99. The lowest BCUT2D eigenvalue weighted by Crippen LogP contribution is -2.48. The maximum atomic E-state index is 13.6. The fraction of sp³-hybridized carbons (Fsp3) is 0.464. The van der Waals surface area contributed by atoms with E-state index in [9.17, 15) is 9.59 Å². The zero-order valence-electron chi connectivity index (χ0n) is 22.1. The summed E-state index contributed by atoms with van der Waals surface area (Å²) in [6.07, 6.45) is 1.96. The van der Waals surface area contributed by atoms with Gasteiger partial charge in [-0.2, -0.15) is 0 Å². The summed E-state index contributed by atoms with van der Waals surface area (Å²) in [4.78, 5) is 37.3. The van der Waals surface area contributed by atoms with Crippen LogP contribution in [0.5, 0.6) is 11.5 Å². The van der Waals surface area contributed by atoms with Crippen molar-refractivity contribution in [3.05, 3.63) is 46.2 Å². The number of aromatic nitrogens is 1. The molecule has 3 aromatic rings. The number of carbonyl (C=O) groups is 2.